The number of carbonyl (C=O) groups excluding carboxylic acids is 2. The van der Waals surface area contributed by atoms with Gasteiger partial charge in [0.1, 0.15) is 11.7 Å². The Balaban J connectivity index is 1.19. The number of thiazole rings is 2. The highest BCUT2D eigenvalue weighted by molar-refractivity contribution is 7.22. The van der Waals surface area contributed by atoms with Crippen LogP contribution >= 0.6 is 22.7 Å². The van der Waals surface area contributed by atoms with Crippen LogP contribution in [0.1, 0.15) is 42.7 Å². The second-order valence-electron chi connectivity index (χ2n) is 8.03. The molecule has 1 atom stereocenters. The van der Waals surface area contributed by atoms with Gasteiger partial charge in [0.25, 0.3) is 0 Å². The summed E-state index contributed by atoms with van der Waals surface area (Å²) in [7, 11) is 0. The van der Waals surface area contributed by atoms with Gasteiger partial charge in [0.2, 0.25) is 5.91 Å². The van der Waals surface area contributed by atoms with E-state index in [0.29, 0.717) is 24.6 Å². The molecule has 32 heavy (non-hydrogen) atoms. The van der Waals surface area contributed by atoms with E-state index in [0.717, 1.165) is 51.9 Å². The fourth-order valence-corrected chi connectivity index (χ4v) is 6.40. The molecule has 5 rings (SSSR count). The summed E-state index contributed by atoms with van der Waals surface area (Å²) in [5.41, 5.74) is 1.55. The first-order valence-corrected chi connectivity index (χ1v) is 12.4. The normalized spacial score (nSPS) is 18.7. The van der Waals surface area contributed by atoms with E-state index in [1.807, 2.05) is 0 Å². The van der Waals surface area contributed by atoms with Gasteiger partial charge in [-0.05, 0) is 50.8 Å². The Bertz CT molecular complexity index is 1170. The van der Waals surface area contributed by atoms with Crippen LogP contribution in [-0.4, -0.2) is 41.5 Å². The van der Waals surface area contributed by atoms with Gasteiger partial charge >= 0.3 is 5.97 Å². The molecular weight excluding hydrogens is 451 g/mol. The van der Waals surface area contributed by atoms with E-state index in [2.05, 4.69) is 20.2 Å². The third kappa shape index (κ3) is 4.09. The Morgan fingerprint density at radius 3 is 2.81 bits per heavy atom. The number of rotatable bonds is 5. The zero-order valence-electron chi connectivity index (χ0n) is 17.6. The summed E-state index contributed by atoms with van der Waals surface area (Å²) in [5, 5.41) is 4.38. The molecule has 0 bridgehead atoms. The van der Waals surface area contributed by atoms with Crippen molar-refractivity contribution in [2.75, 3.05) is 29.9 Å². The zero-order chi connectivity index (χ0) is 22.2. The number of aryl methyl sites for hydroxylation is 1. The number of hydrogen-bond acceptors (Lipinski definition) is 8. The number of halogens is 1. The number of benzene rings is 1. The molecule has 0 saturated carbocycles. The van der Waals surface area contributed by atoms with E-state index in [4.69, 9.17) is 4.74 Å². The number of ether oxygens (including phenoxy) is 1. The Kier molecular flexibility index (Phi) is 5.81. The van der Waals surface area contributed by atoms with Gasteiger partial charge in [-0.2, -0.15) is 0 Å². The van der Waals surface area contributed by atoms with E-state index in [1.54, 1.807) is 13.0 Å². The molecule has 3 heterocycles. The molecule has 1 unspecified atom stereocenters. The maximum absolute atomic E-state index is 13.4. The first-order valence-electron chi connectivity index (χ1n) is 10.8. The minimum absolute atomic E-state index is 0.0314. The first-order chi connectivity index (χ1) is 15.5. The van der Waals surface area contributed by atoms with Crippen LogP contribution in [0, 0.1) is 11.7 Å². The van der Waals surface area contributed by atoms with Crippen LogP contribution in [0.3, 0.4) is 0 Å². The van der Waals surface area contributed by atoms with Crippen molar-refractivity contribution in [2.45, 2.75) is 38.5 Å². The number of aromatic nitrogens is 2. The predicted molar refractivity (Wildman–Crippen MR) is 123 cm³/mol. The van der Waals surface area contributed by atoms with Crippen LogP contribution in [0.2, 0.25) is 0 Å². The summed E-state index contributed by atoms with van der Waals surface area (Å²) in [4.78, 5) is 37.3. The van der Waals surface area contributed by atoms with Gasteiger partial charge in [-0.1, -0.05) is 11.3 Å². The summed E-state index contributed by atoms with van der Waals surface area (Å²) in [6, 6.07) is 4.63. The van der Waals surface area contributed by atoms with Gasteiger partial charge in [-0.15, -0.1) is 11.3 Å². The third-order valence-corrected chi connectivity index (χ3v) is 8.12. The number of carbonyl (C=O) groups is 2. The number of anilines is 2. The van der Waals surface area contributed by atoms with E-state index >= 15 is 0 Å². The molecule has 0 radical (unpaired) electrons. The summed E-state index contributed by atoms with van der Waals surface area (Å²) >= 11 is 2.93. The quantitative estimate of drug-likeness (QED) is 0.554. The molecule has 1 aromatic carbocycles. The molecule has 10 heteroatoms. The van der Waals surface area contributed by atoms with E-state index < -0.39 is 0 Å². The highest BCUT2D eigenvalue weighted by atomic mass is 32.1. The highest BCUT2D eigenvalue weighted by Crippen LogP contribution is 2.39. The maximum Gasteiger partial charge on any atom is 0.315 e. The number of nitrogens with zero attached hydrogens (tertiary/aromatic N) is 3. The lowest BCUT2D eigenvalue weighted by molar-refractivity contribution is -0.145. The second kappa shape index (κ2) is 8.74. The molecule has 1 amide bonds. The van der Waals surface area contributed by atoms with Crippen LogP contribution in [0.15, 0.2) is 18.2 Å². The van der Waals surface area contributed by atoms with Crippen LogP contribution in [0.5, 0.6) is 0 Å². The number of esters is 1. The molecule has 1 aliphatic carbocycles. The molecular formula is C22H23FN4O3S2. The van der Waals surface area contributed by atoms with Crippen LogP contribution in [0.25, 0.3) is 10.2 Å². The standard InChI is InChI=1S/C22H23FN4O3S2/c1-2-30-20(29)14-4-6-16-18(14)25-21(31-16)26-19(28)12-7-9-27(10-8-12)22-24-15-5-3-13(23)11-17(15)32-22/h3,5,11-12,14H,2,4,6-10H2,1H3,(H,25,26,28). The van der Waals surface area contributed by atoms with Crippen molar-refractivity contribution in [1.29, 1.82) is 0 Å². The van der Waals surface area contributed by atoms with E-state index in [9.17, 15) is 14.0 Å². The largest absolute Gasteiger partial charge is 0.465 e. The topological polar surface area (TPSA) is 84.4 Å². The van der Waals surface area contributed by atoms with Crippen molar-refractivity contribution in [3.8, 4) is 0 Å². The fourth-order valence-electron chi connectivity index (χ4n) is 4.31. The van der Waals surface area contributed by atoms with Crippen molar-refractivity contribution in [1.82, 2.24) is 9.97 Å². The molecule has 2 aromatic heterocycles. The van der Waals surface area contributed by atoms with Gasteiger partial charge in [-0.3, -0.25) is 9.59 Å². The Morgan fingerprint density at radius 1 is 1.22 bits per heavy atom. The number of hydrogen-bond donors (Lipinski definition) is 1. The minimum Gasteiger partial charge on any atom is -0.465 e. The molecule has 7 nitrogen and oxygen atoms in total. The summed E-state index contributed by atoms with van der Waals surface area (Å²) in [6.45, 7) is 3.59. The van der Waals surface area contributed by atoms with Gasteiger partial charge in [0, 0.05) is 23.9 Å². The molecule has 1 fully saturated rings. The van der Waals surface area contributed by atoms with E-state index in [1.165, 1.54) is 34.8 Å². The average molecular weight is 475 g/mol. The number of amides is 1. The number of piperidine rings is 1. The van der Waals surface area contributed by atoms with Crippen LogP contribution in [-0.2, 0) is 20.7 Å². The minimum atomic E-state index is -0.322. The summed E-state index contributed by atoms with van der Waals surface area (Å²) in [6.07, 6.45) is 2.94. The van der Waals surface area contributed by atoms with Gasteiger partial charge in [0.15, 0.2) is 10.3 Å². The maximum atomic E-state index is 13.4. The average Bonchev–Trinajstić information content (AvgIpc) is 3.47. The van der Waals surface area contributed by atoms with Crippen molar-refractivity contribution in [3.05, 3.63) is 34.6 Å². The monoisotopic (exact) mass is 474 g/mol. The predicted octanol–water partition coefficient (Wildman–Crippen LogP) is 4.34. The third-order valence-electron chi connectivity index (χ3n) is 5.99. The Labute approximate surface area is 192 Å². The lowest BCUT2D eigenvalue weighted by Gasteiger charge is -2.30. The van der Waals surface area contributed by atoms with Crippen LogP contribution in [0.4, 0.5) is 14.7 Å². The molecule has 1 saturated heterocycles. The summed E-state index contributed by atoms with van der Waals surface area (Å²) < 4.78 is 19.4. The van der Waals surface area contributed by atoms with Crippen molar-refractivity contribution < 1.29 is 18.7 Å². The van der Waals surface area contributed by atoms with Crippen molar-refractivity contribution in [2.24, 2.45) is 5.92 Å². The van der Waals surface area contributed by atoms with Gasteiger partial charge in [-0.25, -0.2) is 14.4 Å². The lowest BCUT2D eigenvalue weighted by atomic mass is 9.96. The Hall–Kier alpha value is -2.59. The molecule has 2 aliphatic rings. The first kappa shape index (κ1) is 21.3. The highest BCUT2D eigenvalue weighted by Gasteiger charge is 2.34. The fraction of sp³-hybridized carbons (Fsp3) is 0.455. The van der Waals surface area contributed by atoms with E-state index in [-0.39, 0.29) is 29.5 Å². The molecule has 0 spiro atoms. The number of nitrogens with one attached hydrogen (secondary N) is 1. The van der Waals surface area contributed by atoms with Crippen LogP contribution < -0.4 is 10.2 Å². The lowest BCUT2D eigenvalue weighted by Crippen LogP contribution is -2.38. The van der Waals surface area contributed by atoms with Gasteiger partial charge in [0.05, 0.1) is 22.5 Å². The molecule has 1 aliphatic heterocycles. The van der Waals surface area contributed by atoms with Crippen molar-refractivity contribution in [3.63, 3.8) is 0 Å². The SMILES string of the molecule is CCOC(=O)C1CCc2sc(NC(=O)C3CCN(c4nc5ccc(F)cc5s4)CC3)nc21. The smallest absolute Gasteiger partial charge is 0.315 e. The van der Waals surface area contributed by atoms with Crippen molar-refractivity contribution >= 4 is 55.0 Å². The Morgan fingerprint density at radius 2 is 2.03 bits per heavy atom. The molecule has 1 N–H and O–H groups in total. The second-order valence-corrected chi connectivity index (χ2v) is 10.1. The molecule has 168 valence electrons. The molecule has 3 aromatic rings. The zero-order valence-corrected chi connectivity index (χ0v) is 19.2. The summed E-state index contributed by atoms with van der Waals surface area (Å²) in [5.74, 6) is -0.949. The van der Waals surface area contributed by atoms with Gasteiger partial charge < -0.3 is 15.0 Å². The number of fused-ring (bicyclic) bond motifs is 2.